The van der Waals surface area contributed by atoms with Crippen molar-refractivity contribution in [3.8, 4) is 63.6 Å². The highest BCUT2D eigenvalue weighted by atomic mass is 16.6. The highest BCUT2D eigenvalue weighted by Gasteiger charge is 2.34. The Bertz CT molecular complexity index is 4330. The zero-order valence-electron chi connectivity index (χ0n) is 66.8. The molecule has 0 atom stereocenters. The maximum atomic E-state index is 12.7. The zero-order chi connectivity index (χ0) is 84.9. The number of carbonyl (C=O) groups excluding carboxylic acids is 9. The predicted octanol–water partition coefficient (Wildman–Crippen LogP) is 17.1. The van der Waals surface area contributed by atoms with E-state index in [1.165, 1.54) is 38.5 Å². The number of nitriles is 1. The Morgan fingerprint density at radius 1 is 0.331 bits per heavy atom. The molecule has 0 N–H and O–H groups in total. The highest BCUT2D eigenvalue weighted by Crippen LogP contribution is 2.43. The molecule has 7 aromatic rings. The average Bonchev–Trinajstić information content (AvgIpc) is 1.04. The molecule has 0 spiro atoms. The van der Waals surface area contributed by atoms with Crippen LogP contribution in [0, 0.1) is 35.0 Å². The van der Waals surface area contributed by atoms with Crippen LogP contribution in [-0.4, -0.2) is 127 Å². The molecule has 0 aliphatic heterocycles. The number of benzene rings is 7. The summed E-state index contributed by atoms with van der Waals surface area (Å²) in [6, 6.07) is 48.4. The van der Waals surface area contributed by atoms with E-state index in [4.69, 9.17) is 76.3 Å². The fourth-order valence-corrected chi connectivity index (χ4v) is 11.8. The van der Waals surface area contributed by atoms with Gasteiger partial charge in [-0.1, -0.05) is 65.5 Å². The predicted molar refractivity (Wildman–Crippen MR) is 439 cm³/mol. The molecule has 25 nitrogen and oxygen atoms in total. The van der Waals surface area contributed by atoms with Crippen LogP contribution < -0.4 is 47.4 Å². The van der Waals surface area contributed by atoms with E-state index >= 15 is 0 Å². The lowest BCUT2D eigenvalue weighted by atomic mass is 9.69. The summed E-state index contributed by atoms with van der Waals surface area (Å²) in [4.78, 5) is 104. The molecular formula is C93H103NO24. The van der Waals surface area contributed by atoms with Gasteiger partial charge in [0.2, 0.25) is 0 Å². The van der Waals surface area contributed by atoms with Crippen molar-refractivity contribution >= 4 is 53.7 Å². The average molecular weight is 1620 g/mol. The number of hydrogen-bond acceptors (Lipinski definition) is 25. The lowest BCUT2D eigenvalue weighted by molar-refractivity contribution is -0.141. The van der Waals surface area contributed by atoms with Crippen LogP contribution >= 0.6 is 0 Å². The Morgan fingerprint density at radius 2 is 0.576 bits per heavy atom. The third-order valence-electron chi connectivity index (χ3n) is 18.0. The van der Waals surface area contributed by atoms with Crippen molar-refractivity contribution in [3.63, 3.8) is 0 Å². The van der Waals surface area contributed by atoms with Crippen molar-refractivity contribution in [1.82, 2.24) is 0 Å². The molecule has 624 valence electrons. The largest absolute Gasteiger partial charge is 0.497 e. The SMILES string of the molecule is C=CC(=O)OCCCOc1ccc(C(=O)Oc2ccc(C#N)cc2)cc1.C=CC(=O)OCCCOc1ccc(C(=O)Oc2ccc(OC)cc2)cc1.C=CC(=O)OCCCOc1ccc(OC(=O)C2CCC(C3CCC(CCC)CC3)CC2)cc1.C=CC(=O)OCCCOc1ccc(OC(=O)c2ccc(OCCCOC(=O)C=C)cc2)cc1. The van der Waals surface area contributed by atoms with Gasteiger partial charge in [-0.2, -0.15) is 5.26 Å². The van der Waals surface area contributed by atoms with Crippen molar-refractivity contribution in [1.29, 1.82) is 5.26 Å². The van der Waals surface area contributed by atoms with Gasteiger partial charge in [-0.3, -0.25) is 4.79 Å². The van der Waals surface area contributed by atoms with Gasteiger partial charge < -0.3 is 71.1 Å². The molecule has 118 heavy (non-hydrogen) atoms. The minimum absolute atomic E-state index is 0.0203. The van der Waals surface area contributed by atoms with Crippen LogP contribution in [0.25, 0.3) is 0 Å². The Kier molecular flexibility index (Phi) is 43.3. The summed E-state index contributed by atoms with van der Waals surface area (Å²) >= 11 is 0. The van der Waals surface area contributed by atoms with Crippen molar-refractivity contribution in [3.05, 3.63) is 255 Å². The van der Waals surface area contributed by atoms with Crippen LogP contribution in [0.1, 0.15) is 140 Å². The van der Waals surface area contributed by atoms with Crippen LogP contribution in [0.2, 0.25) is 0 Å². The van der Waals surface area contributed by atoms with Crippen LogP contribution in [0.3, 0.4) is 0 Å². The second kappa shape index (κ2) is 54.5. The summed E-state index contributed by atoms with van der Waals surface area (Å²) in [6.07, 6.45) is 20.9. The van der Waals surface area contributed by atoms with E-state index in [9.17, 15) is 43.2 Å². The molecule has 2 aliphatic rings. The summed E-state index contributed by atoms with van der Waals surface area (Å²) in [5.74, 6) is 4.31. The third kappa shape index (κ3) is 36.9. The summed E-state index contributed by atoms with van der Waals surface area (Å²) in [6.45, 7) is 22.1. The van der Waals surface area contributed by atoms with Crippen molar-refractivity contribution < 1.29 is 114 Å². The Labute approximate surface area is 688 Å². The highest BCUT2D eigenvalue weighted by molar-refractivity contribution is 5.92. The molecule has 25 heteroatoms. The van der Waals surface area contributed by atoms with Gasteiger partial charge in [0.1, 0.15) is 57.5 Å². The summed E-state index contributed by atoms with van der Waals surface area (Å²) in [5.41, 5.74) is 1.65. The summed E-state index contributed by atoms with van der Waals surface area (Å²) < 4.78 is 78.6. The maximum absolute atomic E-state index is 12.7. The normalized spacial score (nSPS) is 14.1. The summed E-state index contributed by atoms with van der Waals surface area (Å²) in [7, 11) is 1.57. The van der Waals surface area contributed by atoms with Crippen molar-refractivity contribution in [2.45, 2.75) is 103 Å². The first-order valence-electron chi connectivity index (χ1n) is 39.0. The Balaban J connectivity index is 0.000000246. The van der Waals surface area contributed by atoms with E-state index in [1.54, 1.807) is 177 Å². The van der Waals surface area contributed by atoms with Crippen LogP contribution in [0.5, 0.6) is 57.5 Å². The first kappa shape index (κ1) is 93.6. The lowest BCUT2D eigenvalue weighted by Crippen LogP contribution is -2.30. The van der Waals surface area contributed by atoms with Crippen molar-refractivity contribution in [2.75, 3.05) is 73.2 Å². The number of rotatable bonds is 42. The van der Waals surface area contributed by atoms with Gasteiger partial charge in [0.25, 0.3) is 0 Å². The number of carbonyl (C=O) groups is 9. The lowest BCUT2D eigenvalue weighted by Gasteiger charge is -2.37. The summed E-state index contributed by atoms with van der Waals surface area (Å²) in [5, 5.41) is 8.75. The quantitative estimate of drug-likeness (QED) is 0.0113. The number of ether oxygens (including phenoxy) is 15. The molecular weight excluding hydrogens is 1520 g/mol. The Morgan fingerprint density at radius 3 is 0.839 bits per heavy atom. The second-order valence-corrected chi connectivity index (χ2v) is 26.5. The van der Waals surface area contributed by atoms with E-state index < -0.39 is 47.8 Å². The monoisotopic (exact) mass is 1620 g/mol. The van der Waals surface area contributed by atoms with Crippen LogP contribution in [0.4, 0.5) is 0 Å². The van der Waals surface area contributed by atoms with E-state index in [-0.39, 0.29) is 38.3 Å². The van der Waals surface area contributed by atoms with E-state index in [2.05, 4.69) is 39.8 Å². The first-order valence-corrected chi connectivity index (χ1v) is 39.0. The third-order valence-corrected chi connectivity index (χ3v) is 18.0. The topological polar surface area (TPSA) is 316 Å². The van der Waals surface area contributed by atoms with E-state index in [0.717, 1.165) is 73.8 Å². The molecule has 0 saturated heterocycles. The number of nitrogens with zero attached hydrogens (tertiary/aromatic N) is 1. The van der Waals surface area contributed by atoms with Crippen LogP contribution in [0.15, 0.2) is 233 Å². The maximum Gasteiger partial charge on any atom is 0.343 e. The molecule has 0 radical (unpaired) electrons. The smallest absolute Gasteiger partial charge is 0.343 e. The van der Waals surface area contributed by atoms with Gasteiger partial charge in [-0.15, -0.1) is 0 Å². The van der Waals surface area contributed by atoms with Gasteiger partial charge in [0, 0.05) is 62.5 Å². The molecule has 9 rings (SSSR count). The van der Waals surface area contributed by atoms with E-state index in [1.807, 2.05) is 6.07 Å². The van der Waals surface area contributed by atoms with Gasteiger partial charge in [-0.05, 0) is 226 Å². The molecule has 0 amide bonds. The molecule has 0 aromatic heterocycles. The Hall–Kier alpha value is -13.2. The molecule has 2 fully saturated rings. The molecule has 0 bridgehead atoms. The van der Waals surface area contributed by atoms with Gasteiger partial charge in [-0.25, -0.2) is 38.4 Å². The van der Waals surface area contributed by atoms with Gasteiger partial charge >= 0.3 is 53.7 Å². The first-order chi connectivity index (χ1) is 57.3. The van der Waals surface area contributed by atoms with Crippen molar-refractivity contribution in [2.24, 2.45) is 23.7 Å². The van der Waals surface area contributed by atoms with Crippen LogP contribution in [-0.2, 0) is 52.5 Å². The molecule has 2 aliphatic carbocycles. The zero-order valence-corrected chi connectivity index (χ0v) is 66.8. The number of methoxy groups -OCH3 is 1. The van der Waals surface area contributed by atoms with E-state index in [0.29, 0.717) is 151 Å². The van der Waals surface area contributed by atoms with Gasteiger partial charge in [0.05, 0.1) is 107 Å². The standard InChI is InChI=1S/C28H40O5.C25H26O8.C20H17NO5.C20H20O6/c1-3-6-21-7-9-22(10-8-21)23-11-13-24(14-12-23)28(30)33-26-17-15-25(16-18-26)31-19-5-20-32-27(29)4-2;1-3-23(26)31-17-5-15-29-20-9-7-19(8-10-20)25(28)33-22-13-11-21(12-14-22)30-16-6-18-32-24(27)4-2;1-2-19(22)25-13-3-12-24-17-10-6-16(7-11-17)20(23)26-18-8-4-15(14-21)5-9-18;1-3-19(21)25-14-4-13-24-17-7-5-15(6-8-17)20(22)26-18-11-9-16(23-2)10-12-18/h4,15-18,21-24H,2-3,5-14,19-20H2,1H3;3-4,7-14H,1-2,5-6,15-18H2;2,4-11H,1,3,12-13H2;3,5-12H,1,4,13-14H2,2H3. The molecule has 0 heterocycles. The minimum Gasteiger partial charge on any atom is -0.497 e. The fourth-order valence-electron chi connectivity index (χ4n) is 11.8. The molecule has 2 saturated carbocycles. The fraction of sp³-hybridized carbons (Fsp3) is 0.333. The van der Waals surface area contributed by atoms with Gasteiger partial charge in [0.15, 0.2) is 0 Å². The number of hydrogen-bond donors (Lipinski definition) is 0. The minimum atomic E-state index is -0.504. The number of esters is 9. The second-order valence-electron chi connectivity index (χ2n) is 26.5. The molecule has 7 aromatic carbocycles. The molecule has 0 unspecified atom stereocenters.